The smallest absolute Gasteiger partial charge is 0.239 e. The molecule has 0 amide bonds. The van der Waals surface area contributed by atoms with Crippen LogP contribution >= 0.6 is 15.9 Å². The van der Waals surface area contributed by atoms with Crippen molar-refractivity contribution in [1.82, 2.24) is 0 Å². The first-order chi connectivity index (χ1) is 8.04. The van der Waals surface area contributed by atoms with Crippen molar-refractivity contribution in [3.05, 3.63) is 46.6 Å². The summed E-state index contributed by atoms with van der Waals surface area (Å²) < 4.78 is 29.8. The van der Waals surface area contributed by atoms with Gasteiger partial charge in [0.05, 0.1) is 4.90 Å². The van der Waals surface area contributed by atoms with Crippen LogP contribution in [0.1, 0.15) is 10.6 Å². The molecule has 2 rings (SSSR count). The molecule has 0 unspecified atom stereocenters. The van der Waals surface area contributed by atoms with Gasteiger partial charge in [-0.2, -0.15) is 0 Å². The van der Waals surface area contributed by atoms with Gasteiger partial charge in [0.1, 0.15) is 0 Å². The molecule has 0 saturated heterocycles. The second-order valence-electron chi connectivity index (χ2n) is 3.23. The fraction of sp³-hybridized carbons (Fsp3) is 0. The van der Waals surface area contributed by atoms with Crippen molar-refractivity contribution in [2.45, 2.75) is 9.99 Å². The van der Waals surface area contributed by atoms with E-state index in [1.165, 1.54) is 24.3 Å². The summed E-state index contributed by atoms with van der Waals surface area (Å²) in [5, 5.41) is -0.234. The van der Waals surface area contributed by atoms with Gasteiger partial charge >= 0.3 is 0 Å². The van der Waals surface area contributed by atoms with Gasteiger partial charge < -0.3 is 4.42 Å². The van der Waals surface area contributed by atoms with Crippen LogP contribution in [0.2, 0.25) is 0 Å². The SMILES string of the molecule is O=Cc1ccc(S(=O)(=O)c2ccc(Br)cc2)o1. The van der Waals surface area contributed by atoms with Crippen LogP contribution in [0.3, 0.4) is 0 Å². The lowest BCUT2D eigenvalue weighted by molar-refractivity contribution is 0.109. The highest BCUT2D eigenvalue weighted by molar-refractivity contribution is 9.10. The van der Waals surface area contributed by atoms with Gasteiger partial charge in [0.25, 0.3) is 0 Å². The fourth-order valence-electron chi connectivity index (χ4n) is 1.27. The van der Waals surface area contributed by atoms with E-state index >= 15 is 0 Å². The normalized spacial score (nSPS) is 11.4. The van der Waals surface area contributed by atoms with Crippen molar-refractivity contribution in [2.24, 2.45) is 0 Å². The van der Waals surface area contributed by atoms with Crippen LogP contribution in [0.5, 0.6) is 0 Å². The second-order valence-corrected chi connectivity index (χ2v) is 6.03. The van der Waals surface area contributed by atoms with Crippen LogP contribution in [-0.2, 0) is 9.84 Å². The topological polar surface area (TPSA) is 64.3 Å². The molecule has 17 heavy (non-hydrogen) atoms. The van der Waals surface area contributed by atoms with Crippen LogP contribution in [0.4, 0.5) is 0 Å². The summed E-state index contributed by atoms with van der Waals surface area (Å²) in [5.74, 6) is -0.0133. The Bertz CT molecular complexity index is 640. The van der Waals surface area contributed by atoms with Gasteiger partial charge in [-0.1, -0.05) is 15.9 Å². The van der Waals surface area contributed by atoms with E-state index in [0.717, 1.165) is 4.47 Å². The van der Waals surface area contributed by atoms with Crippen molar-refractivity contribution in [3.63, 3.8) is 0 Å². The Kier molecular flexibility index (Phi) is 3.17. The van der Waals surface area contributed by atoms with E-state index < -0.39 is 9.84 Å². The summed E-state index contributed by atoms with van der Waals surface area (Å²) in [6.45, 7) is 0. The molecular weight excluding hydrogens is 308 g/mol. The fourth-order valence-corrected chi connectivity index (χ4v) is 2.72. The number of halogens is 1. The van der Waals surface area contributed by atoms with E-state index in [-0.39, 0.29) is 15.7 Å². The van der Waals surface area contributed by atoms with E-state index in [4.69, 9.17) is 4.42 Å². The Morgan fingerprint density at radius 1 is 1.06 bits per heavy atom. The number of rotatable bonds is 3. The molecule has 0 aliphatic rings. The minimum Gasteiger partial charge on any atom is -0.442 e. The van der Waals surface area contributed by atoms with Gasteiger partial charge in [-0.3, -0.25) is 4.79 Å². The Hall–Kier alpha value is -1.40. The predicted molar refractivity (Wildman–Crippen MR) is 63.7 cm³/mol. The average molecular weight is 315 g/mol. The molecule has 0 atom stereocenters. The number of hydrogen-bond acceptors (Lipinski definition) is 4. The van der Waals surface area contributed by atoms with E-state index in [1.807, 2.05) is 0 Å². The lowest BCUT2D eigenvalue weighted by Crippen LogP contribution is -2.00. The molecule has 1 aromatic heterocycles. The van der Waals surface area contributed by atoms with Crippen molar-refractivity contribution < 1.29 is 17.6 Å². The number of furan rings is 1. The van der Waals surface area contributed by atoms with Crippen molar-refractivity contribution in [3.8, 4) is 0 Å². The van der Waals surface area contributed by atoms with Crippen LogP contribution in [0, 0.1) is 0 Å². The number of sulfone groups is 1. The Balaban J connectivity index is 2.49. The summed E-state index contributed by atoms with van der Waals surface area (Å²) in [5.41, 5.74) is 0. The van der Waals surface area contributed by atoms with Gasteiger partial charge in [0.2, 0.25) is 14.9 Å². The second kappa shape index (κ2) is 4.46. The first-order valence-corrected chi connectivity index (χ1v) is 6.87. The van der Waals surface area contributed by atoms with Crippen molar-refractivity contribution >= 4 is 32.1 Å². The van der Waals surface area contributed by atoms with Gasteiger partial charge in [0.15, 0.2) is 12.0 Å². The summed E-state index contributed by atoms with van der Waals surface area (Å²) in [7, 11) is -3.69. The maximum atomic E-state index is 12.0. The van der Waals surface area contributed by atoms with E-state index in [9.17, 15) is 13.2 Å². The molecule has 0 bridgehead atoms. The maximum Gasteiger partial charge on any atom is 0.239 e. The summed E-state index contributed by atoms with van der Waals surface area (Å²) in [4.78, 5) is 10.6. The lowest BCUT2D eigenvalue weighted by atomic mass is 10.4. The van der Waals surface area contributed by atoms with Crippen LogP contribution in [0.15, 0.2) is 55.3 Å². The third-order valence-electron chi connectivity index (χ3n) is 2.11. The molecule has 2 aromatic rings. The van der Waals surface area contributed by atoms with Gasteiger partial charge in [-0.05, 0) is 36.4 Å². The molecule has 6 heteroatoms. The Labute approximate surface area is 106 Å². The minimum absolute atomic E-state index is 0.0133. The van der Waals surface area contributed by atoms with Crippen molar-refractivity contribution in [2.75, 3.05) is 0 Å². The molecule has 88 valence electrons. The molecule has 0 fully saturated rings. The van der Waals surface area contributed by atoms with Crippen molar-refractivity contribution in [1.29, 1.82) is 0 Å². The number of carbonyl (C=O) groups is 1. The summed E-state index contributed by atoms with van der Waals surface area (Å²) in [6, 6.07) is 8.75. The highest BCUT2D eigenvalue weighted by Crippen LogP contribution is 2.23. The number of hydrogen-bond donors (Lipinski definition) is 0. The summed E-state index contributed by atoms with van der Waals surface area (Å²) >= 11 is 3.22. The predicted octanol–water partition coefficient (Wildman–Crippen LogP) is 2.69. The summed E-state index contributed by atoms with van der Waals surface area (Å²) in [6.07, 6.45) is 0.459. The van der Waals surface area contributed by atoms with Gasteiger partial charge in [0, 0.05) is 4.47 Å². The number of carbonyl (C=O) groups excluding carboxylic acids is 1. The first-order valence-electron chi connectivity index (χ1n) is 4.60. The zero-order chi connectivity index (χ0) is 12.5. The number of benzene rings is 1. The minimum atomic E-state index is -3.69. The molecule has 4 nitrogen and oxygen atoms in total. The first kappa shape index (κ1) is 12.1. The Morgan fingerprint density at radius 2 is 1.71 bits per heavy atom. The van der Waals surface area contributed by atoms with Gasteiger partial charge in [-0.15, -0.1) is 0 Å². The zero-order valence-corrected chi connectivity index (χ0v) is 10.9. The third kappa shape index (κ3) is 2.32. The molecule has 1 aromatic carbocycles. The molecule has 0 N–H and O–H groups in total. The van der Waals surface area contributed by atoms with E-state index in [0.29, 0.717) is 6.29 Å². The van der Waals surface area contributed by atoms with E-state index in [1.54, 1.807) is 12.1 Å². The van der Waals surface area contributed by atoms with Crippen LogP contribution < -0.4 is 0 Å². The largest absolute Gasteiger partial charge is 0.442 e. The molecular formula is C11H7BrO4S. The average Bonchev–Trinajstić information content (AvgIpc) is 2.78. The zero-order valence-electron chi connectivity index (χ0n) is 8.46. The maximum absolute atomic E-state index is 12.0. The molecule has 1 heterocycles. The molecule has 0 aliphatic carbocycles. The monoisotopic (exact) mass is 314 g/mol. The molecule has 0 spiro atoms. The highest BCUT2D eigenvalue weighted by Gasteiger charge is 2.21. The van der Waals surface area contributed by atoms with Crippen LogP contribution in [-0.4, -0.2) is 14.7 Å². The third-order valence-corrected chi connectivity index (χ3v) is 4.28. The lowest BCUT2D eigenvalue weighted by Gasteiger charge is -2.00. The van der Waals surface area contributed by atoms with E-state index in [2.05, 4.69) is 15.9 Å². The van der Waals surface area contributed by atoms with Gasteiger partial charge in [-0.25, -0.2) is 8.42 Å². The quantitative estimate of drug-likeness (QED) is 0.817. The molecule has 0 saturated carbocycles. The van der Waals surface area contributed by atoms with Crippen LogP contribution in [0.25, 0.3) is 0 Å². The highest BCUT2D eigenvalue weighted by atomic mass is 79.9. The molecule has 0 aliphatic heterocycles. The standard InChI is InChI=1S/C11H7BrO4S/c12-8-1-4-10(5-2-8)17(14,15)11-6-3-9(7-13)16-11/h1-7H. The molecule has 0 radical (unpaired) electrons. The number of aldehydes is 1. The Morgan fingerprint density at radius 3 is 2.24 bits per heavy atom.